The van der Waals surface area contributed by atoms with Gasteiger partial charge in [0.25, 0.3) is 11.5 Å². The summed E-state index contributed by atoms with van der Waals surface area (Å²) in [4.78, 5) is 54.4. The first kappa shape index (κ1) is 39.1. The maximum Gasteiger partial charge on any atom is 0.490 e. The van der Waals surface area contributed by atoms with E-state index in [4.69, 9.17) is 14.6 Å². The van der Waals surface area contributed by atoms with Crippen molar-refractivity contribution in [3.8, 4) is 0 Å². The van der Waals surface area contributed by atoms with Crippen LogP contribution in [0.25, 0.3) is 10.9 Å². The lowest BCUT2D eigenvalue weighted by Crippen LogP contribution is -2.51. The van der Waals surface area contributed by atoms with Crippen molar-refractivity contribution in [3.05, 3.63) is 46.2 Å². The molecular formula is C36H52F3N5O6. The number of rotatable bonds is 12. The van der Waals surface area contributed by atoms with Crippen LogP contribution in [-0.4, -0.2) is 113 Å². The average molecular weight is 708 g/mol. The molecule has 278 valence electrons. The summed E-state index contributed by atoms with van der Waals surface area (Å²) in [6.45, 7) is 11.9. The zero-order valence-electron chi connectivity index (χ0n) is 29.4. The van der Waals surface area contributed by atoms with Crippen molar-refractivity contribution in [2.24, 2.45) is 0 Å². The molecule has 3 aliphatic heterocycles. The number of ether oxygens (including phenoxy) is 1. The normalized spacial score (nSPS) is 21.2. The highest BCUT2D eigenvalue weighted by Crippen LogP contribution is 2.36. The van der Waals surface area contributed by atoms with Gasteiger partial charge < -0.3 is 24.6 Å². The molecule has 2 amide bonds. The molecule has 1 aromatic carbocycles. The van der Waals surface area contributed by atoms with E-state index in [1.54, 1.807) is 10.6 Å². The van der Waals surface area contributed by atoms with Crippen LogP contribution in [0.15, 0.2) is 35.1 Å². The molecule has 2 bridgehead atoms. The van der Waals surface area contributed by atoms with Crippen LogP contribution in [0.1, 0.15) is 95.0 Å². The second kappa shape index (κ2) is 18.0. The number of carbonyl (C=O) groups excluding carboxylic acids is 2. The van der Waals surface area contributed by atoms with Gasteiger partial charge in [0.1, 0.15) is 5.56 Å². The SMILES string of the molecule is CCOC(=O)N1CCN(CCCCCCCN2[C@@H]3CC[C@H]2CC(NC(=O)c2cc4ccccc4n(C(C)C)c2=O)C3)CC1.O=C(O)C(F)(F)F. The molecule has 0 aliphatic carbocycles. The molecule has 0 spiro atoms. The predicted molar refractivity (Wildman–Crippen MR) is 184 cm³/mol. The number of carboxylic acid groups (broad SMARTS) is 1. The second-order valence-electron chi connectivity index (χ2n) is 13.7. The molecule has 0 radical (unpaired) electrons. The number of hydrogen-bond acceptors (Lipinski definition) is 7. The standard InChI is InChI=1S/C34H51N5O4.C2HF3O2/c1-4-43-34(42)37-20-18-36(19-21-37)16-10-6-5-7-11-17-38-28-14-15-29(38)24-27(23-28)35-32(40)30-22-26-12-8-9-13-31(26)39(25(2)3)33(30)41;3-2(4,5)1(6)7/h8-9,12-13,22,25,27-29H,4-7,10-11,14-21,23-24H2,1-3H3,(H,35,40);(H,6,7)/t27?,28-,29+;. The molecule has 14 heteroatoms. The third kappa shape index (κ3) is 10.4. The fourth-order valence-electron chi connectivity index (χ4n) is 7.51. The van der Waals surface area contributed by atoms with E-state index in [1.165, 1.54) is 44.9 Å². The molecule has 0 saturated carbocycles. The van der Waals surface area contributed by atoms with Crippen LogP contribution < -0.4 is 10.9 Å². The molecule has 1 aromatic heterocycles. The van der Waals surface area contributed by atoms with Crippen molar-refractivity contribution < 1.29 is 37.4 Å². The summed E-state index contributed by atoms with van der Waals surface area (Å²) in [6, 6.07) is 10.7. The molecule has 3 saturated heterocycles. The maximum absolute atomic E-state index is 13.4. The van der Waals surface area contributed by atoms with E-state index >= 15 is 0 Å². The molecule has 2 aromatic rings. The molecule has 4 heterocycles. The van der Waals surface area contributed by atoms with Crippen LogP contribution in [-0.2, 0) is 9.53 Å². The molecule has 3 aliphatic rings. The summed E-state index contributed by atoms with van der Waals surface area (Å²) >= 11 is 0. The Morgan fingerprint density at radius 3 is 2.10 bits per heavy atom. The van der Waals surface area contributed by atoms with E-state index in [0.29, 0.717) is 18.7 Å². The van der Waals surface area contributed by atoms with Crippen molar-refractivity contribution in [3.63, 3.8) is 0 Å². The summed E-state index contributed by atoms with van der Waals surface area (Å²) in [6.07, 6.45) is 5.32. The Hall–Kier alpha value is -3.65. The third-order valence-electron chi connectivity index (χ3n) is 9.96. The molecule has 1 unspecified atom stereocenters. The quantitative estimate of drug-likeness (QED) is 0.271. The molecule has 3 fully saturated rings. The van der Waals surface area contributed by atoms with Gasteiger partial charge in [0.2, 0.25) is 0 Å². The fourth-order valence-corrected chi connectivity index (χ4v) is 7.51. The monoisotopic (exact) mass is 707 g/mol. The number of nitrogens with one attached hydrogen (secondary N) is 1. The van der Waals surface area contributed by atoms with Crippen LogP contribution >= 0.6 is 0 Å². The summed E-state index contributed by atoms with van der Waals surface area (Å²) in [5, 5.41) is 11.3. The molecule has 11 nitrogen and oxygen atoms in total. The summed E-state index contributed by atoms with van der Waals surface area (Å²) in [5.74, 6) is -2.99. The van der Waals surface area contributed by atoms with Gasteiger partial charge in [-0.3, -0.25) is 19.4 Å². The maximum atomic E-state index is 13.4. The van der Waals surface area contributed by atoms with Crippen molar-refractivity contribution in [1.82, 2.24) is 24.6 Å². The zero-order chi connectivity index (χ0) is 36.4. The number of unbranched alkanes of at least 4 members (excludes halogenated alkanes) is 4. The van der Waals surface area contributed by atoms with Crippen LogP contribution in [0.3, 0.4) is 0 Å². The number of piperazine rings is 1. The number of alkyl halides is 3. The van der Waals surface area contributed by atoms with Gasteiger partial charge in [-0.25, -0.2) is 9.59 Å². The lowest BCUT2D eigenvalue weighted by Gasteiger charge is -2.39. The number of halogens is 3. The van der Waals surface area contributed by atoms with Gasteiger partial charge in [-0.1, -0.05) is 37.5 Å². The average Bonchev–Trinajstić information content (AvgIpc) is 3.30. The Bertz CT molecular complexity index is 1490. The lowest BCUT2D eigenvalue weighted by atomic mass is 9.96. The number of nitrogens with zero attached hydrogens (tertiary/aromatic N) is 4. The molecular weight excluding hydrogens is 655 g/mol. The van der Waals surface area contributed by atoms with Crippen molar-refractivity contribution in [2.75, 3.05) is 45.9 Å². The van der Waals surface area contributed by atoms with Gasteiger partial charge in [0.05, 0.1) is 12.1 Å². The number of hydrogen-bond donors (Lipinski definition) is 2. The minimum Gasteiger partial charge on any atom is -0.475 e. The van der Waals surface area contributed by atoms with Crippen molar-refractivity contribution >= 4 is 28.9 Å². The van der Waals surface area contributed by atoms with E-state index in [9.17, 15) is 27.6 Å². The molecule has 50 heavy (non-hydrogen) atoms. The van der Waals surface area contributed by atoms with Crippen molar-refractivity contribution in [1.29, 1.82) is 0 Å². The van der Waals surface area contributed by atoms with Crippen LogP contribution in [0.5, 0.6) is 0 Å². The fraction of sp³-hybridized carbons (Fsp3) is 0.667. The number of fused-ring (bicyclic) bond motifs is 3. The summed E-state index contributed by atoms with van der Waals surface area (Å²) in [7, 11) is 0. The molecule has 3 atom stereocenters. The lowest BCUT2D eigenvalue weighted by molar-refractivity contribution is -0.192. The van der Waals surface area contributed by atoms with Crippen LogP contribution in [0.2, 0.25) is 0 Å². The van der Waals surface area contributed by atoms with E-state index in [1.807, 2.05) is 49.9 Å². The number of aromatic nitrogens is 1. The Morgan fingerprint density at radius 2 is 1.52 bits per heavy atom. The molecule has 2 N–H and O–H groups in total. The van der Waals surface area contributed by atoms with E-state index in [0.717, 1.165) is 63.0 Å². The summed E-state index contributed by atoms with van der Waals surface area (Å²) in [5.41, 5.74) is 0.917. The summed E-state index contributed by atoms with van der Waals surface area (Å²) < 4.78 is 38.6. The van der Waals surface area contributed by atoms with Gasteiger partial charge in [0, 0.05) is 50.3 Å². The van der Waals surface area contributed by atoms with E-state index in [-0.39, 0.29) is 35.2 Å². The largest absolute Gasteiger partial charge is 0.490 e. The minimum absolute atomic E-state index is 0.0236. The van der Waals surface area contributed by atoms with Gasteiger partial charge in [-0.15, -0.1) is 0 Å². The number of aliphatic carboxylic acids is 1. The van der Waals surface area contributed by atoms with Gasteiger partial charge in [0.15, 0.2) is 0 Å². The minimum atomic E-state index is -5.08. The third-order valence-corrected chi connectivity index (χ3v) is 9.96. The highest BCUT2D eigenvalue weighted by Gasteiger charge is 2.41. The number of para-hydroxylation sites is 1. The van der Waals surface area contributed by atoms with Crippen molar-refractivity contribution in [2.45, 2.75) is 109 Å². The first-order chi connectivity index (χ1) is 23.8. The number of pyridine rings is 1. The van der Waals surface area contributed by atoms with Gasteiger partial charge >= 0.3 is 18.2 Å². The first-order valence-corrected chi connectivity index (χ1v) is 17.9. The Labute approximate surface area is 291 Å². The van der Waals surface area contributed by atoms with Gasteiger partial charge in [-0.05, 0) is 89.9 Å². The van der Waals surface area contributed by atoms with Crippen LogP contribution in [0.4, 0.5) is 18.0 Å². The zero-order valence-corrected chi connectivity index (χ0v) is 29.4. The topological polar surface area (TPSA) is 124 Å². The number of benzene rings is 1. The second-order valence-corrected chi connectivity index (χ2v) is 13.7. The Morgan fingerprint density at radius 1 is 0.940 bits per heavy atom. The Balaban J connectivity index is 0.000000727. The Kier molecular flexibility index (Phi) is 14.1. The van der Waals surface area contributed by atoms with E-state index < -0.39 is 12.1 Å². The smallest absolute Gasteiger partial charge is 0.475 e. The first-order valence-electron chi connectivity index (χ1n) is 17.9. The van der Waals surface area contributed by atoms with Crippen LogP contribution in [0, 0.1) is 0 Å². The number of carbonyl (C=O) groups is 3. The number of carboxylic acids is 1. The highest BCUT2D eigenvalue weighted by molar-refractivity contribution is 5.97. The predicted octanol–water partition coefficient (Wildman–Crippen LogP) is 5.67. The molecule has 5 rings (SSSR count). The number of piperidine rings is 1. The van der Waals surface area contributed by atoms with E-state index in [2.05, 4.69) is 15.1 Å². The van der Waals surface area contributed by atoms with Gasteiger partial charge in [-0.2, -0.15) is 13.2 Å². The highest BCUT2D eigenvalue weighted by atomic mass is 19.4. The number of amides is 2.